The number of nitrogen functional groups attached to an aromatic ring is 1. The van der Waals surface area contributed by atoms with Crippen molar-refractivity contribution in [1.29, 1.82) is 0 Å². The van der Waals surface area contributed by atoms with Crippen LogP contribution < -0.4 is 10.5 Å². The molecule has 0 fully saturated rings. The molecule has 0 aliphatic carbocycles. The zero-order valence-corrected chi connectivity index (χ0v) is 25.6. The first-order chi connectivity index (χ1) is 21.3. The van der Waals surface area contributed by atoms with E-state index in [9.17, 15) is 24.9 Å². The smallest absolute Gasteiger partial charge is 0.170 e. The number of aromatic nitrogens is 2. The van der Waals surface area contributed by atoms with E-state index in [2.05, 4.69) is 9.97 Å². The number of carbonyl (C=O) groups is 2. The maximum absolute atomic E-state index is 12.8. The van der Waals surface area contributed by atoms with Crippen LogP contribution in [0.4, 0.5) is 5.82 Å². The van der Waals surface area contributed by atoms with Gasteiger partial charge in [-0.1, -0.05) is 38.2 Å². The Kier molecular flexibility index (Phi) is 14.3. The van der Waals surface area contributed by atoms with Gasteiger partial charge in [0, 0.05) is 55.6 Å². The van der Waals surface area contributed by atoms with Crippen LogP contribution in [0.3, 0.4) is 0 Å². The summed E-state index contributed by atoms with van der Waals surface area (Å²) >= 11 is 0. The van der Waals surface area contributed by atoms with Crippen LogP contribution in [-0.2, 0) is 22.4 Å². The molecule has 240 valence electrons. The first kappa shape index (κ1) is 34.8. The molecule has 0 radical (unpaired) electrons. The molecule has 10 nitrogen and oxygen atoms in total. The van der Waals surface area contributed by atoms with E-state index in [1.54, 1.807) is 30.5 Å². The molecule has 1 aromatic carbocycles. The largest absolute Gasteiger partial charge is 0.504 e. The van der Waals surface area contributed by atoms with Gasteiger partial charge in [-0.05, 0) is 73.1 Å². The average Bonchev–Trinajstić information content (AvgIpc) is 3.54. The van der Waals surface area contributed by atoms with E-state index in [0.29, 0.717) is 29.8 Å². The number of pyridine rings is 1. The molecule has 10 heteroatoms. The first-order valence-electron chi connectivity index (χ1n) is 15.5. The van der Waals surface area contributed by atoms with Crippen LogP contribution in [0.5, 0.6) is 11.5 Å². The molecular weight excluding hydrogens is 562 g/mol. The van der Waals surface area contributed by atoms with Crippen LogP contribution in [0, 0.1) is 5.92 Å². The highest BCUT2D eigenvalue weighted by molar-refractivity contribution is 6.05. The number of aromatic hydroxyl groups is 1. The molecule has 2 heterocycles. The minimum Gasteiger partial charge on any atom is -0.504 e. The van der Waals surface area contributed by atoms with Crippen LogP contribution in [0.25, 0.3) is 0 Å². The Morgan fingerprint density at radius 1 is 0.977 bits per heavy atom. The van der Waals surface area contributed by atoms with Gasteiger partial charge >= 0.3 is 0 Å². The number of carbonyl (C=O) groups excluding carboxylic acids is 2. The van der Waals surface area contributed by atoms with E-state index >= 15 is 0 Å². The predicted octanol–water partition coefficient (Wildman–Crippen LogP) is 4.23. The maximum Gasteiger partial charge on any atom is 0.170 e. The fraction of sp³-hybridized carbons (Fsp3) is 0.500. The lowest BCUT2D eigenvalue weighted by atomic mass is 9.78. The van der Waals surface area contributed by atoms with Crippen molar-refractivity contribution >= 4 is 17.4 Å². The maximum atomic E-state index is 12.8. The van der Waals surface area contributed by atoms with Gasteiger partial charge in [-0.15, -0.1) is 0 Å². The highest BCUT2D eigenvalue weighted by Crippen LogP contribution is 2.43. The summed E-state index contributed by atoms with van der Waals surface area (Å²) in [5.74, 6) is -1.45. The number of phenolic OH excluding ortho intramolecular Hbond substituents is 1. The molecule has 0 spiro atoms. The Morgan fingerprint density at radius 2 is 1.68 bits per heavy atom. The molecule has 0 bridgehead atoms. The zero-order chi connectivity index (χ0) is 31.9. The van der Waals surface area contributed by atoms with E-state index in [1.165, 1.54) is 7.11 Å². The highest BCUT2D eigenvalue weighted by atomic mass is 16.5. The Labute approximate surface area is 259 Å². The van der Waals surface area contributed by atoms with Gasteiger partial charge in [0.05, 0.1) is 7.11 Å². The Morgan fingerprint density at radius 3 is 2.32 bits per heavy atom. The minimum absolute atomic E-state index is 0.0656. The number of nitrogens with zero attached hydrogens (tertiary/aromatic N) is 1. The molecule has 7 N–H and O–H groups in total. The van der Waals surface area contributed by atoms with Gasteiger partial charge < -0.3 is 35.9 Å². The number of aromatic amines is 1. The summed E-state index contributed by atoms with van der Waals surface area (Å²) in [4.78, 5) is 32.5. The van der Waals surface area contributed by atoms with Crippen LogP contribution in [0.1, 0.15) is 86.1 Å². The number of phenols is 1. The third-order valence-electron chi connectivity index (χ3n) is 8.09. The number of benzene rings is 1. The summed E-state index contributed by atoms with van der Waals surface area (Å²) in [6.45, 7) is 0.0245. The number of hydrogen-bond acceptors (Lipinski definition) is 9. The van der Waals surface area contributed by atoms with Gasteiger partial charge in [-0.3, -0.25) is 9.59 Å². The van der Waals surface area contributed by atoms with E-state index in [4.69, 9.17) is 15.6 Å². The molecule has 3 unspecified atom stereocenters. The molecule has 0 amide bonds. The fourth-order valence-electron chi connectivity index (χ4n) is 5.67. The number of ether oxygens (including phenoxy) is 1. The van der Waals surface area contributed by atoms with Crippen molar-refractivity contribution < 1.29 is 34.8 Å². The number of H-pyrrole nitrogens is 1. The Balaban J connectivity index is 1.73. The van der Waals surface area contributed by atoms with E-state index in [1.807, 2.05) is 18.3 Å². The van der Waals surface area contributed by atoms with Crippen LogP contribution in [0.15, 0.2) is 48.8 Å². The average molecular weight is 610 g/mol. The number of nitrogens with two attached hydrogens (primary N) is 1. The van der Waals surface area contributed by atoms with Gasteiger partial charge in [-0.25, -0.2) is 4.98 Å². The summed E-state index contributed by atoms with van der Waals surface area (Å²) in [6, 6.07) is 10.7. The second kappa shape index (κ2) is 18.2. The number of aliphatic hydroxyl groups is 3. The van der Waals surface area contributed by atoms with Crippen molar-refractivity contribution in [2.45, 2.75) is 82.7 Å². The van der Waals surface area contributed by atoms with Crippen molar-refractivity contribution in [3.63, 3.8) is 0 Å². The summed E-state index contributed by atoms with van der Waals surface area (Å²) in [5, 5.41) is 41.0. The van der Waals surface area contributed by atoms with E-state index in [-0.39, 0.29) is 49.9 Å². The summed E-state index contributed by atoms with van der Waals surface area (Å²) in [5.41, 5.74) is 8.85. The van der Waals surface area contributed by atoms with Gasteiger partial charge in [0.25, 0.3) is 0 Å². The van der Waals surface area contributed by atoms with Crippen molar-refractivity contribution in [2.75, 3.05) is 26.1 Å². The number of Topliss-reactive ketones (excluding diaryl/α,β-unsaturated/α-hetero) is 2. The molecular formula is C34H47N3O7. The monoisotopic (exact) mass is 609 g/mol. The lowest BCUT2D eigenvalue weighted by Gasteiger charge is -2.28. The van der Waals surface area contributed by atoms with Crippen LogP contribution in [0.2, 0.25) is 0 Å². The number of unbranched alkanes of at least 4 members (excludes halogenated alkanes) is 6. The molecule has 0 saturated heterocycles. The second-order valence-electron chi connectivity index (χ2n) is 11.4. The number of aliphatic hydroxyl groups excluding tert-OH is 3. The fourth-order valence-corrected chi connectivity index (χ4v) is 5.67. The SMILES string of the molecule is COc1cc(CCC(=O)C(O)C(=O)CCCCCCCCCO)cc(C(c2ccnc(N)c2)C(CO)Cc2ccc[nH]2)c1O. The molecule has 3 aromatic rings. The highest BCUT2D eigenvalue weighted by Gasteiger charge is 2.30. The topological polar surface area (TPSA) is 179 Å². The first-order valence-corrected chi connectivity index (χ1v) is 15.5. The van der Waals surface area contributed by atoms with Crippen molar-refractivity contribution in [3.05, 3.63) is 71.2 Å². The normalized spacial score (nSPS) is 13.4. The summed E-state index contributed by atoms with van der Waals surface area (Å²) in [7, 11) is 1.44. The second-order valence-corrected chi connectivity index (χ2v) is 11.4. The number of ketones is 2. The van der Waals surface area contributed by atoms with E-state index < -0.39 is 23.6 Å². The van der Waals surface area contributed by atoms with E-state index in [0.717, 1.165) is 49.8 Å². The van der Waals surface area contributed by atoms with Gasteiger partial charge in [0.2, 0.25) is 0 Å². The van der Waals surface area contributed by atoms with Gasteiger partial charge in [0.1, 0.15) is 5.82 Å². The number of aryl methyl sites for hydroxylation is 1. The molecule has 0 aliphatic rings. The lowest BCUT2D eigenvalue weighted by Crippen LogP contribution is -2.30. The minimum atomic E-state index is -1.66. The lowest BCUT2D eigenvalue weighted by molar-refractivity contribution is -0.138. The number of nitrogens with one attached hydrogen (secondary N) is 1. The zero-order valence-electron chi connectivity index (χ0n) is 25.6. The standard InChI is InChI=1S/C34H47N3O7/c1-44-30-19-23(12-13-29(41)34(43)28(40)11-7-5-3-2-4-6-8-17-38)18-27(33(30)42)32(24-14-16-37-31(35)21-24)25(22-39)20-26-10-9-15-36-26/h9-10,14-16,18-19,21,25,32,34,36,38-39,42-43H,2-8,11-13,17,20,22H2,1H3,(H2,35,37). The third-order valence-corrected chi connectivity index (χ3v) is 8.09. The molecule has 0 saturated carbocycles. The van der Waals surface area contributed by atoms with Gasteiger partial charge in [0.15, 0.2) is 29.2 Å². The van der Waals surface area contributed by atoms with Crippen LogP contribution in [-0.4, -0.2) is 68.4 Å². The summed E-state index contributed by atoms with van der Waals surface area (Å²) in [6.07, 6.45) is 8.84. The van der Waals surface area contributed by atoms with Crippen molar-refractivity contribution in [1.82, 2.24) is 9.97 Å². The molecule has 3 atom stereocenters. The number of anilines is 1. The molecule has 3 rings (SSSR count). The van der Waals surface area contributed by atoms with Crippen LogP contribution >= 0.6 is 0 Å². The summed E-state index contributed by atoms with van der Waals surface area (Å²) < 4.78 is 5.48. The van der Waals surface area contributed by atoms with Gasteiger partial charge in [-0.2, -0.15) is 0 Å². The quantitative estimate of drug-likeness (QED) is 0.0761. The predicted molar refractivity (Wildman–Crippen MR) is 169 cm³/mol. The molecule has 44 heavy (non-hydrogen) atoms. The third kappa shape index (κ3) is 10.2. The molecule has 0 aliphatic heterocycles. The number of rotatable bonds is 21. The Bertz CT molecular complexity index is 1310. The molecule has 2 aromatic heterocycles. The number of methoxy groups -OCH3 is 1. The Hall–Kier alpha value is -3.73. The number of hydrogen-bond donors (Lipinski definition) is 6. The van der Waals surface area contributed by atoms with Crippen molar-refractivity contribution in [2.24, 2.45) is 5.92 Å². The van der Waals surface area contributed by atoms with Crippen molar-refractivity contribution in [3.8, 4) is 11.5 Å².